The van der Waals surface area contributed by atoms with Crippen molar-refractivity contribution in [3.8, 4) is 0 Å². The van der Waals surface area contributed by atoms with E-state index in [9.17, 15) is 4.79 Å². The maximum atomic E-state index is 11.4. The second-order valence-corrected chi connectivity index (χ2v) is 5.84. The van der Waals surface area contributed by atoms with Crippen molar-refractivity contribution in [2.75, 3.05) is 4.90 Å². The standard InChI is InChI=1S/C23H17NO/c25-17-18-15-16-23(22-14-8-7-13-21(18)22)24(19-9-3-1-4-10-19)20-11-5-2-6-12-20/h1-17H. The number of rotatable bonds is 4. The molecule has 4 aromatic rings. The van der Waals surface area contributed by atoms with Gasteiger partial charge >= 0.3 is 0 Å². The van der Waals surface area contributed by atoms with E-state index in [-0.39, 0.29) is 0 Å². The third-order valence-electron chi connectivity index (χ3n) is 4.33. The summed E-state index contributed by atoms with van der Waals surface area (Å²) in [5, 5.41) is 2.02. The smallest absolute Gasteiger partial charge is 0.150 e. The van der Waals surface area contributed by atoms with Gasteiger partial charge in [-0.15, -0.1) is 0 Å². The molecule has 0 atom stereocenters. The highest BCUT2D eigenvalue weighted by Crippen LogP contribution is 2.39. The fourth-order valence-electron chi connectivity index (χ4n) is 3.19. The average Bonchev–Trinajstić information content (AvgIpc) is 2.70. The summed E-state index contributed by atoms with van der Waals surface area (Å²) < 4.78 is 0. The summed E-state index contributed by atoms with van der Waals surface area (Å²) >= 11 is 0. The van der Waals surface area contributed by atoms with Crippen LogP contribution in [-0.4, -0.2) is 6.29 Å². The number of carbonyl (C=O) groups excluding carboxylic acids is 1. The van der Waals surface area contributed by atoms with E-state index in [1.54, 1.807) is 0 Å². The van der Waals surface area contributed by atoms with Gasteiger partial charge in [-0.05, 0) is 41.8 Å². The van der Waals surface area contributed by atoms with E-state index in [1.807, 2.05) is 66.7 Å². The number of nitrogens with zero attached hydrogens (tertiary/aromatic N) is 1. The highest BCUT2D eigenvalue weighted by Gasteiger charge is 2.15. The van der Waals surface area contributed by atoms with Gasteiger partial charge < -0.3 is 4.90 Å². The van der Waals surface area contributed by atoms with Crippen LogP contribution in [0.25, 0.3) is 10.8 Å². The molecule has 0 aliphatic carbocycles. The molecule has 120 valence electrons. The molecule has 25 heavy (non-hydrogen) atoms. The van der Waals surface area contributed by atoms with E-state index in [1.165, 1.54) is 0 Å². The molecule has 0 aliphatic rings. The summed E-state index contributed by atoms with van der Waals surface area (Å²) in [4.78, 5) is 13.6. The van der Waals surface area contributed by atoms with E-state index in [0.717, 1.165) is 34.1 Å². The maximum absolute atomic E-state index is 11.4. The molecular formula is C23H17NO. The van der Waals surface area contributed by atoms with E-state index >= 15 is 0 Å². The Bertz CT molecular complexity index is 970. The normalized spacial score (nSPS) is 10.6. The molecule has 2 heteroatoms. The second kappa shape index (κ2) is 6.62. The molecule has 0 aromatic heterocycles. The lowest BCUT2D eigenvalue weighted by Gasteiger charge is -2.27. The fourth-order valence-corrected chi connectivity index (χ4v) is 3.19. The van der Waals surface area contributed by atoms with Crippen LogP contribution in [0, 0.1) is 0 Å². The summed E-state index contributed by atoms with van der Waals surface area (Å²) in [6.45, 7) is 0. The topological polar surface area (TPSA) is 20.3 Å². The number of benzene rings is 4. The van der Waals surface area contributed by atoms with Crippen molar-refractivity contribution in [3.63, 3.8) is 0 Å². The zero-order chi connectivity index (χ0) is 17.1. The van der Waals surface area contributed by atoms with Crippen molar-refractivity contribution in [3.05, 3.63) is 103 Å². The second-order valence-electron chi connectivity index (χ2n) is 5.84. The van der Waals surface area contributed by atoms with Gasteiger partial charge in [-0.1, -0.05) is 60.7 Å². The van der Waals surface area contributed by atoms with Gasteiger partial charge in [0.1, 0.15) is 0 Å². The Balaban J connectivity index is 2.01. The highest BCUT2D eigenvalue weighted by molar-refractivity contribution is 6.06. The summed E-state index contributed by atoms with van der Waals surface area (Å²) in [6.07, 6.45) is 0.918. The molecule has 0 saturated heterocycles. The molecule has 0 spiro atoms. The molecule has 0 unspecified atom stereocenters. The Kier molecular flexibility index (Phi) is 4.01. The maximum Gasteiger partial charge on any atom is 0.150 e. The van der Waals surface area contributed by atoms with Gasteiger partial charge in [0.2, 0.25) is 0 Å². The molecular weight excluding hydrogens is 306 g/mol. The molecule has 0 N–H and O–H groups in total. The average molecular weight is 323 g/mol. The van der Waals surface area contributed by atoms with Crippen LogP contribution in [0.1, 0.15) is 10.4 Å². The molecule has 0 fully saturated rings. The van der Waals surface area contributed by atoms with Crippen LogP contribution in [0.4, 0.5) is 17.1 Å². The van der Waals surface area contributed by atoms with Crippen molar-refractivity contribution >= 4 is 34.1 Å². The Hall–Kier alpha value is -3.39. The van der Waals surface area contributed by atoms with E-state index in [4.69, 9.17) is 0 Å². The summed E-state index contributed by atoms with van der Waals surface area (Å²) in [6, 6.07) is 32.5. The lowest BCUT2D eigenvalue weighted by molar-refractivity contribution is 0.112. The number of para-hydroxylation sites is 2. The monoisotopic (exact) mass is 323 g/mol. The fraction of sp³-hybridized carbons (Fsp3) is 0. The lowest BCUT2D eigenvalue weighted by Crippen LogP contribution is -2.10. The molecule has 4 rings (SSSR count). The van der Waals surface area contributed by atoms with Crippen LogP contribution in [0.15, 0.2) is 97.1 Å². The molecule has 0 heterocycles. The minimum atomic E-state index is 0.709. The Labute approximate surface area is 147 Å². The minimum Gasteiger partial charge on any atom is -0.310 e. The first-order valence-corrected chi connectivity index (χ1v) is 8.25. The van der Waals surface area contributed by atoms with Crippen LogP contribution in [-0.2, 0) is 0 Å². The molecule has 0 saturated carbocycles. The summed E-state index contributed by atoms with van der Waals surface area (Å²) in [5.41, 5.74) is 3.93. The van der Waals surface area contributed by atoms with Crippen LogP contribution in [0.3, 0.4) is 0 Å². The van der Waals surface area contributed by atoms with Gasteiger partial charge in [-0.25, -0.2) is 0 Å². The van der Waals surface area contributed by atoms with Gasteiger partial charge in [0.15, 0.2) is 6.29 Å². The third-order valence-corrected chi connectivity index (χ3v) is 4.33. The number of aldehydes is 1. The van der Waals surface area contributed by atoms with Gasteiger partial charge in [0.25, 0.3) is 0 Å². The Morgan fingerprint density at radius 3 is 1.64 bits per heavy atom. The van der Waals surface area contributed by atoms with Crippen LogP contribution >= 0.6 is 0 Å². The largest absolute Gasteiger partial charge is 0.310 e. The number of hydrogen-bond acceptors (Lipinski definition) is 2. The summed E-state index contributed by atoms with van der Waals surface area (Å²) in [5.74, 6) is 0. The highest BCUT2D eigenvalue weighted by atomic mass is 16.1. The first-order chi connectivity index (χ1) is 12.4. The molecule has 0 amide bonds. The van der Waals surface area contributed by atoms with Crippen molar-refractivity contribution in [2.45, 2.75) is 0 Å². The van der Waals surface area contributed by atoms with Gasteiger partial charge in [-0.2, -0.15) is 0 Å². The van der Waals surface area contributed by atoms with Crippen molar-refractivity contribution in [2.24, 2.45) is 0 Å². The van der Waals surface area contributed by atoms with Crippen molar-refractivity contribution in [1.82, 2.24) is 0 Å². The van der Waals surface area contributed by atoms with E-state index in [2.05, 4.69) is 35.2 Å². The lowest BCUT2D eigenvalue weighted by atomic mass is 10.0. The van der Waals surface area contributed by atoms with Gasteiger partial charge in [0.05, 0.1) is 5.69 Å². The van der Waals surface area contributed by atoms with Crippen LogP contribution in [0.2, 0.25) is 0 Å². The SMILES string of the molecule is O=Cc1ccc(N(c2ccccc2)c2ccccc2)c2ccccc12. The van der Waals surface area contributed by atoms with Gasteiger partial charge in [0, 0.05) is 22.3 Å². The number of carbonyl (C=O) groups is 1. The van der Waals surface area contributed by atoms with E-state index < -0.39 is 0 Å². The number of anilines is 3. The van der Waals surface area contributed by atoms with Gasteiger partial charge in [-0.3, -0.25) is 4.79 Å². The zero-order valence-electron chi connectivity index (χ0n) is 13.7. The number of fused-ring (bicyclic) bond motifs is 1. The van der Waals surface area contributed by atoms with Crippen LogP contribution in [0.5, 0.6) is 0 Å². The molecule has 0 radical (unpaired) electrons. The first-order valence-electron chi connectivity index (χ1n) is 8.25. The summed E-state index contributed by atoms with van der Waals surface area (Å²) in [7, 11) is 0. The predicted octanol–water partition coefficient (Wildman–Crippen LogP) is 6.12. The predicted molar refractivity (Wildman–Crippen MR) is 104 cm³/mol. The number of hydrogen-bond donors (Lipinski definition) is 0. The van der Waals surface area contributed by atoms with Crippen molar-refractivity contribution < 1.29 is 4.79 Å². The molecule has 4 aromatic carbocycles. The zero-order valence-corrected chi connectivity index (χ0v) is 13.7. The molecule has 0 bridgehead atoms. The minimum absolute atomic E-state index is 0.709. The molecule has 0 aliphatic heterocycles. The third kappa shape index (κ3) is 2.79. The van der Waals surface area contributed by atoms with E-state index in [0.29, 0.717) is 5.56 Å². The quantitative estimate of drug-likeness (QED) is 0.421. The van der Waals surface area contributed by atoms with Crippen molar-refractivity contribution in [1.29, 1.82) is 0 Å². The first kappa shape index (κ1) is 15.2. The van der Waals surface area contributed by atoms with Crippen LogP contribution < -0.4 is 4.90 Å². The Morgan fingerprint density at radius 1 is 0.560 bits per heavy atom. The Morgan fingerprint density at radius 2 is 1.08 bits per heavy atom. The molecule has 2 nitrogen and oxygen atoms in total.